The quantitative estimate of drug-likeness (QED) is 0.568. The van der Waals surface area contributed by atoms with Crippen molar-refractivity contribution in [3.05, 3.63) is 82.9 Å². The summed E-state index contributed by atoms with van der Waals surface area (Å²) in [6, 6.07) is 18.3. The van der Waals surface area contributed by atoms with Crippen LogP contribution in [0.25, 0.3) is 11.1 Å². The van der Waals surface area contributed by atoms with Crippen molar-refractivity contribution in [3.63, 3.8) is 0 Å². The number of fused-ring (bicyclic) bond motifs is 1. The van der Waals surface area contributed by atoms with Gasteiger partial charge in [-0.15, -0.1) is 8.78 Å². The maximum Gasteiger partial charge on any atom is 0.586 e. The molecule has 1 N–H and O–H groups in total. The molecule has 6 heteroatoms. The summed E-state index contributed by atoms with van der Waals surface area (Å²) in [4.78, 5) is 13.3. The van der Waals surface area contributed by atoms with E-state index in [9.17, 15) is 18.7 Å². The fourth-order valence-corrected chi connectivity index (χ4v) is 4.33. The van der Waals surface area contributed by atoms with Crippen LogP contribution in [0, 0.1) is 6.92 Å². The molecule has 1 fully saturated rings. The Hall–Kier alpha value is -3.25. The second-order valence-corrected chi connectivity index (χ2v) is 8.52. The molecule has 0 spiro atoms. The molecular formula is C26H22F2O4. The SMILES string of the molecule is Cc1ccc(CC(=O)C2(c3ccc4c(c3)OC(F)(F)O4)CC2)cc1-c1ccc(CO)cc1. The number of ether oxygens (including phenoxy) is 2. The van der Waals surface area contributed by atoms with E-state index >= 15 is 0 Å². The molecular weight excluding hydrogens is 414 g/mol. The van der Waals surface area contributed by atoms with Gasteiger partial charge in [-0.3, -0.25) is 4.79 Å². The molecule has 0 atom stereocenters. The predicted octanol–water partition coefficient (Wildman–Crippen LogP) is 5.32. The molecule has 1 aliphatic carbocycles. The van der Waals surface area contributed by atoms with Crippen LogP contribution < -0.4 is 9.47 Å². The third kappa shape index (κ3) is 3.65. The van der Waals surface area contributed by atoms with Gasteiger partial charge in [-0.2, -0.15) is 0 Å². The zero-order valence-electron chi connectivity index (χ0n) is 17.5. The molecule has 1 saturated carbocycles. The maximum absolute atomic E-state index is 13.4. The van der Waals surface area contributed by atoms with Crippen molar-refractivity contribution in [2.75, 3.05) is 0 Å². The number of carbonyl (C=O) groups is 1. The standard InChI is InChI=1S/C26H22F2O4/c1-16-2-3-18(12-21(16)19-6-4-17(15-29)5-7-19)13-24(30)25(10-11-25)20-8-9-22-23(14-20)32-26(27,28)31-22/h2-9,12,14,29H,10-11,13,15H2,1H3. The summed E-state index contributed by atoms with van der Waals surface area (Å²) in [5.41, 5.74) is 4.92. The van der Waals surface area contributed by atoms with E-state index in [4.69, 9.17) is 0 Å². The fraction of sp³-hybridized carbons (Fsp3) is 0.269. The molecule has 3 aromatic rings. The van der Waals surface area contributed by atoms with Gasteiger partial charge in [0.05, 0.1) is 12.0 Å². The van der Waals surface area contributed by atoms with E-state index in [1.807, 2.05) is 49.4 Å². The largest absolute Gasteiger partial charge is 0.586 e. The molecule has 1 heterocycles. The highest BCUT2D eigenvalue weighted by molar-refractivity contribution is 5.95. The molecule has 0 amide bonds. The van der Waals surface area contributed by atoms with Crippen molar-refractivity contribution < 1.29 is 28.2 Å². The number of ketones is 1. The van der Waals surface area contributed by atoms with Gasteiger partial charge in [0.15, 0.2) is 11.5 Å². The maximum atomic E-state index is 13.4. The second-order valence-electron chi connectivity index (χ2n) is 8.52. The van der Waals surface area contributed by atoms with Crippen molar-refractivity contribution in [2.45, 2.75) is 44.5 Å². The zero-order chi connectivity index (χ0) is 22.5. The van der Waals surface area contributed by atoms with E-state index < -0.39 is 11.7 Å². The van der Waals surface area contributed by atoms with Gasteiger partial charge in [0.2, 0.25) is 0 Å². The molecule has 5 rings (SSSR count). The number of carbonyl (C=O) groups excluding carboxylic acids is 1. The first-order chi connectivity index (χ1) is 15.3. The lowest BCUT2D eigenvalue weighted by atomic mass is 9.87. The number of hydrogen-bond donors (Lipinski definition) is 1. The van der Waals surface area contributed by atoms with E-state index in [1.54, 1.807) is 6.07 Å². The van der Waals surface area contributed by atoms with Gasteiger partial charge in [-0.05, 0) is 65.3 Å². The van der Waals surface area contributed by atoms with E-state index in [-0.39, 0.29) is 30.3 Å². The Morgan fingerprint density at radius 3 is 2.31 bits per heavy atom. The topological polar surface area (TPSA) is 55.8 Å². The van der Waals surface area contributed by atoms with Gasteiger partial charge >= 0.3 is 6.29 Å². The molecule has 0 bridgehead atoms. The Balaban J connectivity index is 1.38. The number of hydrogen-bond acceptors (Lipinski definition) is 4. The van der Waals surface area contributed by atoms with Gasteiger partial charge in [0, 0.05) is 6.42 Å². The number of Topliss-reactive ketones (excluding diaryl/α,β-unsaturated/α-hetero) is 1. The number of aliphatic hydroxyl groups is 1. The fourth-order valence-electron chi connectivity index (χ4n) is 4.33. The number of aliphatic hydroxyl groups excluding tert-OH is 1. The van der Waals surface area contributed by atoms with Gasteiger partial charge in [0.1, 0.15) is 5.78 Å². The number of halogens is 2. The minimum Gasteiger partial charge on any atom is -0.395 e. The average molecular weight is 436 g/mol. The van der Waals surface area contributed by atoms with Crippen LogP contribution in [-0.2, 0) is 23.2 Å². The molecule has 164 valence electrons. The summed E-state index contributed by atoms with van der Waals surface area (Å²) < 4.78 is 35.7. The second kappa shape index (κ2) is 7.41. The lowest BCUT2D eigenvalue weighted by Crippen LogP contribution is -2.26. The third-order valence-electron chi connectivity index (χ3n) is 6.35. The lowest BCUT2D eigenvalue weighted by Gasteiger charge is -2.16. The van der Waals surface area contributed by atoms with Crippen molar-refractivity contribution in [1.29, 1.82) is 0 Å². The number of benzene rings is 3. The Bertz CT molecular complexity index is 1200. The van der Waals surface area contributed by atoms with Crippen molar-refractivity contribution >= 4 is 5.78 Å². The van der Waals surface area contributed by atoms with Gasteiger partial charge in [-0.25, -0.2) is 0 Å². The van der Waals surface area contributed by atoms with Gasteiger partial charge < -0.3 is 14.6 Å². The average Bonchev–Trinajstić information content (AvgIpc) is 3.52. The third-order valence-corrected chi connectivity index (χ3v) is 6.35. The molecule has 4 nitrogen and oxygen atoms in total. The summed E-state index contributed by atoms with van der Waals surface area (Å²) in [5.74, 6) is 0.0153. The van der Waals surface area contributed by atoms with E-state index in [0.717, 1.165) is 27.8 Å². The summed E-state index contributed by atoms with van der Waals surface area (Å²) >= 11 is 0. The van der Waals surface area contributed by atoms with Crippen LogP contribution in [0.4, 0.5) is 8.78 Å². The molecule has 2 aliphatic rings. The van der Waals surface area contributed by atoms with Crippen LogP contribution in [0.5, 0.6) is 11.5 Å². The van der Waals surface area contributed by atoms with Crippen LogP contribution in [-0.4, -0.2) is 17.2 Å². The summed E-state index contributed by atoms with van der Waals surface area (Å²) in [7, 11) is 0. The Morgan fingerprint density at radius 2 is 1.62 bits per heavy atom. The molecule has 0 unspecified atom stereocenters. The van der Waals surface area contributed by atoms with Crippen LogP contribution >= 0.6 is 0 Å². The van der Waals surface area contributed by atoms with Crippen LogP contribution in [0.15, 0.2) is 60.7 Å². The predicted molar refractivity (Wildman–Crippen MR) is 115 cm³/mol. The van der Waals surface area contributed by atoms with Crippen molar-refractivity contribution in [3.8, 4) is 22.6 Å². The Kier molecular flexibility index (Phi) is 4.78. The molecule has 0 saturated heterocycles. The van der Waals surface area contributed by atoms with E-state index in [1.165, 1.54) is 12.1 Å². The molecule has 0 aromatic heterocycles. The number of aryl methyl sites for hydroxylation is 1. The molecule has 32 heavy (non-hydrogen) atoms. The first kappa shape index (κ1) is 20.6. The summed E-state index contributed by atoms with van der Waals surface area (Å²) in [6.07, 6.45) is -2.05. The number of alkyl halides is 2. The minimum absolute atomic E-state index is 0.00656. The van der Waals surface area contributed by atoms with Gasteiger partial charge in [0.25, 0.3) is 0 Å². The molecule has 0 radical (unpaired) electrons. The van der Waals surface area contributed by atoms with E-state index in [0.29, 0.717) is 18.4 Å². The van der Waals surface area contributed by atoms with Crippen molar-refractivity contribution in [2.24, 2.45) is 0 Å². The first-order valence-electron chi connectivity index (χ1n) is 10.5. The highest BCUT2D eigenvalue weighted by Crippen LogP contribution is 2.52. The zero-order valence-corrected chi connectivity index (χ0v) is 17.5. The highest BCUT2D eigenvalue weighted by atomic mass is 19.3. The Labute approximate surface area is 184 Å². The lowest BCUT2D eigenvalue weighted by molar-refractivity contribution is -0.286. The summed E-state index contributed by atoms with van der Waals surface area (Å²) in [5, 5.41) is 9.26. The normalized spacial score (nSPS) is 17.2. The first-order valence-corrected chi connectivity index (χ1v) is 10.5. The van der Waals surface area contributed by atoms with E-state index in [2.05, 4.69) is 9.47 Å². The molecule has 3 aromatic carbocycles. The Morgan fingerprint density at radius 1 is 0.938 bits per heavy atom. The van der Waals surface area contributed by atoms with Crippen LogP contribution in [0.1, 0.15) is 35.1 Å². The smallest absolute Gasteiger partial charge is 0.395 e. The summed E-state index contributed by atoms with van der Waals surface area (Å²) in [6.45, 7) is 2.01. The van der Waals surface area contributed by atoms with Crippen molar-refractivity contribution in [1.82, 2.24) is 0 Å². The molecule has 1 aliphatic heterocycles. The number of rotatable bonds is 6. The monoisotopic (exact) mass is 436 g/mol. The minimum atomic E-state index is -3.67. The highest BCUT2D eigenvalue weighted by Gasteiger charge is 2.52. The van der Waals surface area contributed by atoms with Crippen LogP contribution in [0.2, 0.25) is 0 Å². The van der Waals surface area contributed by atoms with Gasteiger partial charge in [-0.1, -0.05) is 48.5 Å². The van der Waals surface area contributed by atoms with Crippen LogP contribution in [0.3, 0.4) is 0 Å².